The number of morpholine rings is 1. The monoisotopic (exact) mass is 714 g/mol. The van der Waals surface area contributed by atoms with Crippen LogP contribution in [0, 0.1) is 17.5 Å². The molecule has 3 amide bonds. The molecule has 4 rings (SSSR count). The maximum Gasteiger partial charge on any atom is 0.427 e. The van der Waals surface area contributed by atoms with Crippen LogP contribution in [0.25, 0.3) is 0 Å². The minimum absolute atomic E-state index is 0.0144. The Kier molecular flexibility index (Phi) is 12.7. The third-order valence-electron chi connectivity index (χ3n) is 7.92. The fourth-order valence-corrected chi connectivity index (χ4v) is 5.56. The van der Waals surface area contributed by atoms with E-state index in [1.54, 1.807) is 41.5 Å². The number of hydrazine groups is 1. The molecule has 3 aromatic rings. The molecular formula is C37H45F3N4O7. The summed E-state index contributed by atoms with van der Waals surface area (Å²) in [7, 11) is 0. The Balaban J connectivity index is 1.65. The number of benzene rings is 2. The summed E-state index contributed by atoms with van der Waals surface area (Å²) in [6.45, 7) is 9.82. The molecule has 2 atom stereocenters. The lowest BCUT2D eigenvalue weighted by molar-refractivity contribution is -0.119. The van der Waals surface area contributed by atoms with E-state index in [-0.39, 0.29) is 50.3 Å². The number of nitrogens with zero attached hydrogens (tertiary/aromatic N) is 3. The van der Waals surface area contributed by atoms with Gasteiger partial charge in [-0.25, -0.2) is 33.2 Å². The maximum atomic E-state index is 15.6. The van der Waals surface area contributed by atoms with Crippen molar-refractivity contribution in [3.8, 4) is 0 Å². The summed E-state index contributed by atoms with van der Waals surface area (Å²) in [5, 5.41) is 10.7. The van der Waals surface area contributed by atoms with Gasteiger partial charge in [0.25, 0.3) is 0 Å². The second-order valence-corrected chi connectivity index (χ2v) is 14.3. The molecule has 0 unspecified atom stereocenters. The number of amides is 3. The molecule has 0 bridgehead atoms. The van der Waals surface area contributed by atoms with Crippen molar-refractivity contribution in [3.05, 3.63) is 95.1 Å². The number of aliphatic hydroxyl groups is 1. The number of carbonyl (C=O) groups excluding carboxylic acids is 3. The summed E-state index contributed by atoms with van der Waals surface area (Å²) < 4.78 is 60.2. The highest BCUT2D eigenvalue weighted by atomic mass is 19.1. The van der Waals surface area contributed by atoms with Crippen molar-refractivity contribution in [1.29, 1.82) is 0 Å². The molecule has 276 valence electrons. The summed E-state index contributed by atoms with van der Waals surface area (Å²) in [5.41, 5.74) is 1.75. The van der Waals surface area contributed by atoms with Gasteiger partial charge < -0.3 is 19.3 Å². The van der Waals surface area contributed by atoms with E-state index in [1.165, 1.54) is 59.6 Å². The summed E-state index contributed by atoms with van der Waals surface area (Å²) in [6, 6.07) is 10.3. The van der Waals surface area contributed by atoms with Crippen LogP contribution in [0.2, 0.25) is 0 Å². The van der Waals surface area contributed by atoms with Crippen molar-refractivity contribution < 1.29 is 46.9 Å². The summed E-state index contributed by atoms with van der Waals surface area (Å²) >= 11 is 0. The number of rotatable bonds is 9. The standard InChI is InChI=1S/C37H45F3N4O7/c1-36(2,3)50-34(47)42-44(33(46)17-30(23-7-11-25(38)12-8-23)24-9-13-26(39)14-10-24)32-19-41-18-31(40)29(32)16-15-28-20-43(27(21-45)22-49-28)35(48)51-37(4,5)6/h7-14,18-19,27-28,30,45H,15-17,20-22H2,1-6H3,(H,42,47)/t27-,28-/m1/s1. The van der Waals surface area contributed by atoms with Gasteiger partial charge in [0.15, 0.2) is 0 Å². The predicted octanol–water partition coefficient (Wildman–Crippen LogP) is 6.42. The lowest BCUT2D eigenvalue weighted by atomic mass is 9.88. The zero-order chi connectivity index (χ0) is 37.5. The van der Waals surface area contributed by atoms with Crippen molar-refractivity contribution in [3.63, 3.8) is 0 Å². The van der Waals surface area contributed by atoms with Gasteiger partial charge in [0.05, 0.1) is 50.0 Å². The minimum Gasteiger partial charge on any atom is -0.444 e. The Morgan fingerprint density at radius 3 is 2.04 bits per heavy atom. The highest BCUT2D eigenvalue weighted by molar-refractivity contribution is 5.96. The molecule has 1 aromatic heterocycles. The van der Waals surface area contributed by atoms with Gasteiger partial charge in [-0.05, 0) is 89.8 Å². The molecule has 0 spiro atoms. The number of pyridine rings is 1. The van der Waals surface area contributed by atoms with Crippen LogP contribution in [0.4, 0.5) is 28.4 Å². The summed E-state index contributed by atoms with van der Waals surface area (Å²) in [6.07, 6.45) is -0.161. The van der Waals surface area contributed by atoms with Crippen LogP contribution in [-0.2, 0) is 25.4 Å². The topological polar surface area (TPSA) is 131 Å². The third kappa shape index (κ3) is 11.1. The molecule has 1 aliphatic rings. The van der Waals surface area contributed by atoms with E-state index < -0.39 is 64.8 Å². The molecule has 51 heavy (non-hydrogen) atoms. The number of carbonyl (C=O) groups is 3. The van der Waals surface area contributed by atoms with Gasteiger partial charge in [0.1, 0.15) is 28.7 Å². The van der Waals surface area contributed by atoms with Gasteiger partial charge in [-0.3, -0.25) is 14.7 Å². The molecule has 2 aromatic carbocycles. The van der Waals surface area contributed by atoms with Crippen LogP contribution in [0.15, 0.2) is 60.9 Å². The maximum absolute atomic E-state index is 15.6. The van der Waals surface area contributed by atoms with Crippen LogP contribution in [0.3, 0.4) is 0 Å². The predicted molar refractivity (Wildman–Crippen MR) is 182 cm³/mol. The second-order valence-electron chi connectivity index (χ2n) is 14.3. The van der Waals surface area contributed by atoms with Crippen LogP contribution in [-0.4, -0.2) is 76.2 Å². The highest BCUT2D eigenvalue weighted by Gasteiger charge is 2.35. The first-order valence-electron chi connectivity index (χ1n) is 16.6. The van der Waals surface area contributed by atoms with E-state index >= 15 is 4.39 Å². The van der Waals surface area contributed by atoms with Crippen molar-refractivity contribution >= 4 is 23.8 Å². The number of anilines is 1. The molecular weight excluding hydrogens is 669 g/mol. The van der Waals surface area contributed by atoms with Crippen molar-refractivity contribution in [2.24, 2.45) is 0 Å². The molecule has 11 nitrogen and oxygen atoms in total. The first kappa shape index (κ1) is 39.1. The Labute approximate surface area is 295 Å². The Morgan fingerprint density at radius 2 is 1.51 bits per heavy atom. The Bertz CT molecular complexity index is 1620. The SMILES string of the molecule is CC(C)(C)OC(=O)NN(C(=O)CC(c1ccc(F)cc1)c1ccc(F)cc1)c1cncc(F)c1CC[C@@H]1CN(C(=O)OC(C)(C)C)[C@H](CO)CO1. The lowest BCUT2D eigenvalue weighted by Crippen LogP contribution is -2.55. The molecule has 1 aliphatic heterocycles. The number of ether oxygens (including phenoxy) is 3. The van der Waals surface area contributed by atoms with E-state index in [1.807, 2.05) is 0 Å². The van der Waals surface area contributed by atoms with Gasteiger partial charge in [-0.15, -0.1) is 0 Å². The van der Waals surface area contributed by atoms with Crippen LogP contribution >= 0.6 is 0 Å². The molecule has 0 radical (unpaired) electrons. The number of aliphatic hydroxyl groups excluding tert-OH is 1. The fourth-order valence-electron chi connectivity index (χ4n) is 5.56. The first-order valence-corrected chi connectivity index (χ1v) is 16.6. The lowest BCUT2D eigenvalue weighted by Gasteiger charge is -2.39. The average Bonchev–Trinajstić information content (AvgIpc) is 3.04. The van der Waals surface area contributed by atoms with Gasteiger partial charge in [-0.2, -0.15) is 0 Å². The summed E-state index contributed by atoms with van der Waals surface area (Å²) in [4.78, 5) is 45.6. The first-order chi connectivity index (χ1) is 23.9. The number of aromatic nitrogens is 1. The van der Waals surface area contributed by atoms with Crippen molar-refractivity contribution in [2.45, 2.75) is 90.1 Å². The zero-order valence-electron chi connectivity index (χ0n) is 29.6. The molecule has 1 saturated heterocycles. The molecule has 0 saturated carbocycles. The number of hydrogen-bond donors (Lipinski definition) is 2. The van der Waals surface area contributed by atoms with E-state index in [9.17, 15) is 28.3 Å². The Hall–Kier alpha value is -4.69. The van der Waals surface area contributed by atoms with E-state index in [4.69, 9.17) is 14.2 Å². The van der Waals surface area contributed by atoms with Gasteiger partial charge in [-0.1, -0.05) is 24.3 Å². The number of hydrogen-bond acceptors (Lipinski definition) is 8. The van der Waals surface area contributed by atoms with Crippen molar-refractivity contribution in [2.75, 3.05) is 24.8 Å². The van der Waals surface area contributed by atoms with Gasteiger partial charge >= 0.3 is 12.2 Å². The quantitative estimate of drug-likeness (QED) is 0.243. The molecule has 2 N–H and O–H groups in total. The normalized spacial score (nSPS) is 16.5. The average molecular weight is 715 g/mol. The smallest absolute Gasteiger partial charge is 0.427 e. The molecule has 14 heteroatoms. The van der Waals surface area contributed by atoms with Crippen LogP contribution in [0.1, 0.15) is 77.0 Å². The van der Waals surface area contributed by atoms with Crippen molar-refractivity contribution in [1.82, 2.24) is 15.3 Å². The molecule has 1 fully saturated rings. The van der Waals surface area contributed by atoms with Crippen LogP contribution < -0.4 is 10.4 Å². The van der Waals surface area contributed by atoms with Gasteiger partial charge in [0, 0.05) is 17.9 Å². The zero-order valence-corrected chi connectivity index (χ0v) is 29.6. The van der Waals surface area contributed by atoms with E-state index in [0.717, 1.165) is 11.2 Å². The largest absolute Gasteiger partial charge is 0.444 e. The number of nitrogens with one attached hydrogen (secondary N) is 1. The third-order valence-corrected chi connectivity index (χ3v) is 7.92. The van der Waals surface area contributed by atoms with E-state index in [2.05, 4.69) is 10.4 Å². The highest BCUT2D eigenvalue weighted by Crippen LogP contribution is 2.32. The summed E-state index contributed by atoms with van der Waals surface area (Å²) in [5.74, 6) is -3.17. The Morgan fingerprint density at radius 1 is 0.941 bits per heavy atom. The number of halogens is 3. The molecule has 0 aliphatic carbocycles. The van der Waals surface area contributed by atoms with Crippen LogP contribution in [0.5, 0.6) is 0 Å². The molecule has 2 heterocycles. The second kappa shape index (κ2) is 16.6. The van der Waals surface area contributed by atoms with Gasteiger partial charge in [0.2, 0.25) is 5.91 Å². The fraction of sp³-hybridized carbons (Fsp3) is 0.459. The van der Waals surface area contributed by atoms with E-state index in [0.29, 0.717) is 11.1 Å². The minimum atomic E-state index is -0.996.